The number of fused-ring (bicyclic) bond motifs is 1. The summed E-state index contributed by atoms with van der Waals surface area (Å²) in [6, 6.07) is 15.8. The minimum atomic E-state index is 0.527. The van der Waals surface area contributed by atoms with E-state index in [0.717, 1.165) is 18.8 Å². The van der Waals surface area contributed by atoms with Crippen LogP contribution >= 0.6 is 0 Å². The Bertz CT molecular complexity index is 603. The average molecular weight is 281 g/mol. The van der Waals surface area contributed by atoms with Crippen LogP contribution in [0.4, 0.5) is 0 Å². The Balaban J connectivity index is 1.81. The van der Waals surface area contributed by atoms with E-state index in [1.54, 1.807) is 0 Å². The first-order valence-electron chi connectivity index (χ1n) is 7.85. The molecule has 2 heteroatoms. The second-order valence-corrected chi connectivity index (χ2v) is 5.67. The van der Waals surface area contributed by atoms with Crippen LogP contribution in [0.15, 0.2) is 42.5 Å². The minimum Gasteiger partial charge on any atom is -0.494 e. The van der Waals surface area contributed by atoms with E-state index >= 15 is 0 Å². The van der Waals surface area contributed by atoms with Crippen LogP contribution in [0, 0.1) is 0 Å². The van der Waals surface area contributed by atoms with Gasteiger partial charge in [0.1, 0.15) is 5.75 Å². The molecule has 2 aromatic rings. The van der Waals surface area contributed by atoms with Crippen molar-refractivity contribution in [1.29, 1.82) is 0 Å². The molecule has 0 aromatic heterocycles. The highest BCUT2D eigenvalue weighted by atomic mass is 16.5. The summed E-state index contributed by atoms with van der Waals surface area (Å²) >= 11 is 0. The van der Waals surface area contributed by atoms with Gasteiger partial charge in [0.25, 0.3) is 0 Å². The second kappa shape index (κ2) is 6.31. The molecule has 0 saturated heterocycles. The van der Waals surface area contributed by atoms with Gasteiger partial charge >= 0.3 is 0 Å². The zero-order valence-electron chi connectivity index (χ0n) is 12.9. The molecule has 0 heterocycles. The summed E-state index contributed by atoms with van der Waals surface area (Å²) in [5.74, 6) is 0.956. The normalized spacial score (nSPS) is 16.8. The van der Waals surface area contributed by atoms with E-state index < -0.39 is 0 Å². The van der Waals surface area contributed by atoms with Gasteiger partial charge in [0.15, 0.2) is 0 Å². The first kappa shape index (κ1) is 14.2. The molecular formula is C19H23NO. The van der Waals surface area contributed by atoms with Crippen molar-refractivity contribution in [2.75, 3.05) is 13.7 Å². The molecular weight excluding hydrogens is 258 g/mol. The van der Waals surface area contributed by atoms with Gasteiger partial charge in [-0.1, -0.05) is 37.3 Å². The molecule has 2 nitrogen and oxygen atoms in total. The third-order valence-electron chi connectivity index (χ3n) is 4.23. The van der Waals surface area contributed by atoms with Gasteiger partial charge in [0, 0.05) is 6.04 Å². The molecule has 0 spiro atoms. The zero-order valence-corrected chi connectivity index (χ0v) is 12.9. The van der Waals surface area contributed by atoms with Gasteiger partial charge < -0.3 is 10.1 Å². The van der Waals surface area contributed by atoms with Crippen molar-refractivity contribution in [2.24, 2.45) is 0 Å². The van der Waals surface area contributed by atoms with Gasteiger partial charge in [-0.3, -0.25) is 0 Å². The summed E-state index contributed by atoms with van der Waals surface area (Å²) in [5, 5.41) is 3.39. The van der Waals surface area contributed by atoms with E-state index in [0.29, 0.717) is 6.04 Å². The number of benzene rings is 2. The van der Waals surface area contributed by atoms with E-state index in [1.165, 1.54) is 35.1 Å². The largest absolute Gasteiger partial charge is 0.494 e. The molecule has 1 aliphatic rings. The van der Waals surface area contributed by atoms with Gasteiger partial charge in [0.05, 0.1) is 6.61 Å². The Morgan fingerprint density at radius 1 is 1.10 bits per heavy atom. The van der Waals surface area contributed by atoms with Crippen molar-refractivity contribution in [3.8, 4) is 16.9 Å². The molecule has 2 aromatic carbocycles. The molecule has 0 aliphatic heterocycles. The van der Waals surface area contributed by atoms with Crippen molar-refractivity contribution >= 4 is 0 Å². The van der Waals surface area contributed by atoms with Crippen molar-refractivity contribution in [3.63, 3.8) is 0 Å². The van der Waals surface area contributed by atoms with Crippen molar-refractivity contribution < 1.29 is 4.74 Å². The first-order chi connectivity index (χ1) is 10.3. The Morgan fingerprint density at radius 3 is 2.57 bits per heavy atom. The maximum Gasteiger partial charge on any atom is 0.119 e. The lowest BCUT2D eigenvalue weighted by Crippen LogP contribution is -2.12. The van der Waals surface area contributed by atoms with Crippen LogP contribution in [-0.2, 0) is 6.42 Å². The number of hydrogen-bond donors (Lipinski definition) is 1. The molecule has 0 bridgehead atoms. The van der Waals surface area contributed by atoms with E-state index in [2.05, 4.69) is 54.7 Å². The molecule has 1 aliphatic carbocycles. The van der Waals surface area contributed by atoms with E-state index in [-0.39, 0.29) is 0 Å². The van der Waals surface area contributed by atoms with Gasteiger partial charge in [-0.2, -0.15) is 0 Å². The Kier molecular flexibility index (Phi) is 4.26. The highest BCUT2D eigenvalue weighted by molar-refractivity contribution is 5.66. The molecule has 21 heavy (non-hydrogen) atoms. The third-order valence-corrected chi connectivity index (χ3v) is 4.23. The quantitative estimate of drug-likeness (QED) is 0.879. The number of aryl methyl sites for hydroxylation is 1. The summed E-state index contributed by atoms with van der Waals surface area (Å²) in [4.78, 5) is 0. The second-order valence-electron chi connectivity index (χ2n) is 5.67. The van der Waals surface area contributed by atoms with Crippen LogP contribution in [0.5, 0.6) is 5.75 Å². The molecule has 0 radical (unpaired) electrons. The van der Waals surface area contributed by atoms with Crippen molar-refractivity contribution in [1.82, 2.24) is 5.32 Å². The van der Waals surface area contributed by atoms with E-state index in [9.17, 15) is 0 Å². The maximum atomic E-state index is 5.64. The summed E-state index contributed by atoms with van der Waals surface area (Å²) in [6.07, 6.45) is 3.42. The lowest BCUT2D eigenvalue weighted by Gasteiger charge is -2.11. The van der Waals surface area contributed by atoms with Crippen LogP contribution in [0.3, 0.4) is 0 Å². The topological polar surface area (TPSA) is 21.3 Å². The molecule has 0 amide bonds. The molecule has 110 valence electrons. The fourth-order valence-corrected chi connectivity index (χ4v) is 3.06. The molecule has 0 saturated carbocycles. The van der Waals surface area contributed by atoms with E-state index in [1.807, 2.05) is 7.05 Å². The lowest BCUT2D eigenvalue weighted by molar-refractivity contribution is 0.317. The summed E-state index contributed by atoms with van der Waals surface area (Å²) in [6.45, 7) is 2.90. The summed E-state index contributed by atoms with van der Waals surface area (Å²) in [5.41, 5.74) is 5.50. The van der Waals surface area contributed by atoms with E-state index in [4.69, 9.17) is 4.74 Å². The monoisotopic (exact) mass is 281 g/mol. The average Bonchev–Trinajstić information content (AvgIpc) is 2.95. The predicted octanol–water partition coefficient (Wildman–Crippen LogP) is 4.35. The molecule has 1 atom stereocenters. The number of rotatable bonds is 5. The van der Waals surface area contributed by atoms with Crippen LogP contribution in [0.1, 0.15) is 36.9 Å². The van der Waals surface area contributed by atoms with Crippen molar-refractivity contribution in [3.05, 3.63) is 53.6 Å². The molecule has 0 fully saturated rings. The molecule has 1 unspecified atom stereocenters. The molecule has 3 rings (SSSR count). The highest BCUT2D eigenvalue weighted by Crippen LogP contribution is 2.34. The zero-order chi connectivity index (χ0) is 14.7. The van der Waals surface area contributed by atoms with Crippen molar-refractivity contribution in [2.45, 2.75) is 32.2 Å². The van der Waals surface area contributed by atoms with Crippen LogP contribution < -0.4 is 10.1 Å². The van der Waals surface area contributed by atoms with Gasteiger partial charge in [-0.05, 0) is 60.7 Å². The third kappa shape index (κ3) is 2.96. The number of hydrogen-bond acceptors (Lipinski definition) is 2. The van der Waals surface area contributed by atoms with Gasteiger partial charge in [0.2, 0.25) is 0 Å². The fraction of sp³-hybridized carbons (Fsp3) is 0.368. The smallest absolute Gasteiger partial charge is 0.119 e. The minimum absolute atomic E-state index is 0.527. The number of nitrogens with one attached hydrogen (secondary N) is 1. The molecule has 1 N–H and O–H groups in total. The van der Waals surface area contributed by atoms with Crippen LogP contribution in [0.2, 0.25) is 0 Å². The maximum absolute atomic E-state index is 5.64. The van der Waals surface area contributed by atoms with Gasteiger partial charge in [-0.25, -0.2) is 0 Å². The lowest BCUT2D eigenvalue weighted by atomic mass is 10.00. The fourth-order valence-electron chi connectivity index (χ4n) is 3.06. The standard InChI is InChI=1S/C19H23NO/c1-3-12-21-17-8-4-14(5-9-17)15-6-10-18-16(13-15)7-11-19(18)20-2/h4-6,8-10,13,19-20H,3,7,11-12H2,1-2H3. The Labute approximate surface area is 127 Å². The number of ether oxygens (including phenoxy) is 1. The van der Waals surface area contributed by atoms with Gasteiger partial charge in [-0.15, -0.1) is 0 Å². The van der Waals surface area contributed by atoms with Crippen LogP contribution in [-0.4, -0.2) is 13.7 Å². The first-order valence-corrected chi connectivity index (χ1v) is 7.85. The predicted molar refractivity (Wildman–Crippen MR) is 87.8 cm³/mol. The Morgan fingerprint density at radius 2 is 1.86 bits per heavy atom. The highest BCUT2D eigenvalue weighted by Gasteiger charge is 2.20. The van der Waals surface area contributed by atoms with Crippen LogP contribution in [0.25, 0.3) is 11.1 Å². The Hall–Kier alpha value is -1.80. The summed E-state index contributed by atoms with van der Waals surface area (Å²) < 4.78 is 5.64. The summed E-state index contributed by atoms with van der Waals surface area (Å²) in [7, 11) is 2.04. The SMILES string of the molecule is CCCOc1ccc(-c2ccc3c(c2)CCC3NC)cc1.